The van der Waals surface area contributed by atoms with E-state index in [-0.39, 0.29) is 35.2 Å². The number of aliphatic hydroxyl groups is 1. The summed E-state index contributed by atoms with van der Waals surface area (Å²) in [4.78, 5) is 11.9. The topological polar surface area (TPSA) is 49.3 Å². The molecule has 0 saturated carbocycles. The number of aliphatic hydroxyl groups excluding tert-OH is 1. The van der Waals surface area contributed by atoms with Crippen molar-refractivity contribution in [2.24, 2.45) is 22.7 Å². The van der Waals surface area contributed by atoms with Gasteiger partial charge in [-0.05, 0) is 16.7 Å². The Bertz CT molecular complexity index is 251. The molecule has 0 fully saturated rings. The summed E-state index contributed by atoms with van der Waals surface area (Å²) in [7, 11) is 0. The number of nitrogens with one attached hydrogen (secondary N) is 1. The highest BCUT2D eigenvalue weighted by molar-refractivity contribution is 5.79. The van der Waals surface area contributed by atoms with E-state index in [1.165, 1.54) is 0 Å². The maximum absolute atomic E-state index is 11.9. The molecule has 0 aromatic heterocycles. The van der Waals surface area contributed by atoms with Gasteiger partial charge in [0.15, 0.2) is 0 Å². The van der Waals surface area contributed by atoms with Crippen molar-refractivity contribution in [1.29, 1.82) is 0 Å². The number of hydrogen-bond donors (Lipinski definition) is 2. The Morgan fingerprint density at radius 3 is 1.94 bits per heavy atom. The van der Waals surface area contributed by atoms with E-state index in [4.69, 9.17) is 0 Å². The molecule has 0 spiro atoms. The van der Waals surface area contributed by atoms with Crippen molar-refractivity contribution in [2.75, 3.05) is 13.2 Å². The molecule has 0 rings (SSSR count). The summed E-state index contributed by atoms with van der Waals surface area (Å²) in [6.07, 6.45) is 0. The average Bonchev–Trinajstić information content (AvgIpc) is 2.13. The summed E-state index contributed by atoms with van der Waals surface area (Å²) < 4.78 is 0. The molecular formula is C14H29NO2. The molecule has 0 aliphatic rings. The highest BCUT2D eigenvalue weighted by atomic mass is 16.3. The van der Waals surface area contributed by atoms with Crippen molar-refractivity contribution >= 4 is 5.91 Å². The van der Waals surface area contributed by atoms with Crippen molar-refractivity contribution in [3.63, 3.8) is 0 Å². The van der Waals surface area contributed by atoms with Crippen LogP contribution in [-0.4, -0.2) is 24.2 Å². The number of hydrogen-bond acceptors (Lipinski definition) is 2. The normalized spacial score (nSPS) is 14.9. The van der Waals surface area contributed by atoms with E-state index in [9.17, 15) is 9.90 Å². The molecule has 102 valence electrons. The summed E-state index contributed by atoms with van der Waals surface area (Å²) in [6.45, 7) is 15.3. The molecule has 0 bridgehead atoms. The van der Waals surface area contributed by atoms with Crippen molar-refractivity contribution < 1.29 is 9.90 Å². The van der Waals surface area contributed by atoms with Crippen LogP contribution in [-0.2, 0) is 4.79 Å². The minimum Gasteiger partial charge on any atom is -0.396 e. The molecule has 1 atom stereocenters. The molecule has 0 aromatic carbocycles. The summed E-state index contributed by atoms with van der Waals surface area (Å²) >= 11 is 0. The summed E-state index contributed by atoms with van der Waals surface area (Å²) in [5.74, 6) is -0.177. The van der Waals surface area contributed by atoms with E-state index in [1.807, 2.05) is 13.8 Å². The minimum absolute atomic E-state index is 0.0274. The predicted molar refractivity (Wildman–Crippen MR) is 71.7 cm³/mol. The van der Waals surface area contributed by atoms with E-state index in [0.717, 1.165) is 0 Å². The van der Waals surface area contributed by atoms with Crippen molar-refractivity contribution in [3.8, 4) is 0 Å². The zero-order valence-electron chi connectivity index (χ0n) is 12.4. The van der Waals surface area contributed by atoms with Crippen LogP contribution in [0.4, 0.5) is 0 Å². The van der Waals surface area contributed by atoms with Crippen LogP contribution in [0.5, 0.6) is 0 Å². The molecule has 0 aliphatic carbocycles. The smallest absolute Gasteiger partial charge is 0.225 e. The second kappa shape index (κ2) is 5.85. The van der Waals surface area contributed by atoms with E-state index in [1.54, 1.807) is 0 Å². The fourth-order valence-electron chi connectivity index (χ4n) is 1.30. The Labute approximate surface area is 106 Å². The van der Waals surface area contributed by atoms with E-state index >= 15 is 0 Å². The Hall–Kier alpha value is -0.570. The molecule has 0 heterocycles. The van der Waals surface area contributed by atoms with Crippen LogP contribution in [0.15, 0.2) is 0 Å². The first-order valence-corrected chi connectivity index (χ1v) is 6.41. The van der Waals surface area contributed by atoms with Crippen LogP contribution in [0, 0.1) is 22.7 Å². The third kappa shape index (κ3) is 4.66. The van der Waals surface area contributed by atoms with Crippen LogP contribution in [0.3, 0.4) is 0 Å². The van der Waals surface area contributed by atoms with E-state index < -0.39 is 0 Å². The Kier molecular flexibility index (Phi) is 5.66. The van der Waals surface area contributed by atoms with Gasteiger partial charge in [-0.25, -0.2) is 0 Å². The number of carbonyl (C=O) groups is 1. The molecule has 2 N–H and O–H groups in total. The fourth-order valence-corrected chi connectivity index (χ4v) is 1.30. The monoisotopic (exact) mass is 243 g/mol. The summed E-state index contributed by atoms with van der Waals surface area (Å²) in [5, 5.41) is 12.2. The molecule has 0 aromatic rings. The lowest BCUT2D eigenvalue weighted by Crippen LogP contribution is -2.45. The Morgan fingerprint density at radius 1 is 1.18 bits per heavy atom. The SMILES string of the molecule is CC(C)C(CO)C(=O)NCC(C)(C)C(C)(C)C. The van der Waals surface area contributed by atoms with E-state index in [0.29, 0.717) is 6.54 Å². The number of rotatable bonds is 5. The van der Waals surface area contributed by atoms with Gasteiger partial charge in [0.05, 0.1) is 12.5 Å². The van der Waals surface area contributed by atoms with Crippen molar-refractivity contribution in [2.45, 2.75) is 48.5 Å². The summed E-state index contributed by atoms with van der Waals surface area (Å²) in [6, 6.07) is 0. The zero-order chi connectivity index (χ0) is 13.9. The van der Waals surface area contributed by atoms with Crippen molar-refractivity contribution in [1.82, 2.24) is 5.32 Å². The lowest BCUT2D eigenvalue weighted by Gasteiger charge is -2.39. The highest BCUT2D eigenvalue weighted by Crippen LogP contribution is 2.37. The van der Waals surface area contributed by atoms with Gasteiger partial charge in [0.2, 0.25) is 5.91 Å². The van der Waals surface area contributed by atoms with Crippen LogP contribution >= 0.6 is 0 Å². The molecule has 3 heteroatoms. The number of carbonyl (C=O) groups excluding carboxylic acids is 1. The lowest BCUT2D eigenvalue weighted by molar-refractivity contribution is -0.128. The number of amides is 1. The fraction of sp³-hybridized carbons (Fsp3) is 0.929. The van der Waals surface area contributed by atoms with Gasteiger partial charge in [-0.2, -0.15) is 0 Å². The van der Waals surface area contributed by atoms with Gasteiger partial charge in [0.1, 0.15) is 0 Å². The molecule has 1 amide bonds. The van der Waals surface area contributed by atoms with Crippen LogP contribution < -0.4 is 5.32 Å². The third-order valence-electron chi connectivity index (χ3n) is 4.07. The third-order valence-corrected chi connectivity index (χ3v) is 4.07. The van der Waals surface area contributed by atoms with E-state index in [2.05, 4.69) is 39.9 Å². The van der Waals surface area contributed by atoms with Crippen LogP contribution in [0.1, 0.15) is 48.5 Å². The largest absolute Gasteiger partial charge is 0.396 e. The second-order valence-electron chi connectivity index (χ2n) is 6.88. The zero-order valence-corrected chi connectivity index (χ0v) is 12.4. The van der Waals surface area contributed by atoms with Gasteiger partial charge in [-0.1, -0.05) is 48.5 Å². The molecular weight excluding hydrogens is 214 g/mol. The summed E-state index contributed by atoms with van der Waals surface area (Å²) in [5.41, 5.74) is 0.159. The van der Waals surface area contributed by atoms with Gasteiger partial charge in [0, 0.05) is 6.54 Å². The maximum Gasteiger partial charge on any atom is 0.225 e. The van der Waals surface area contributed by atoms with Gasteiger partial charge in [0.25, 0.3) is 0 Å². The maximum atomic E-state index is 11.9. The second-order valence-corrected chi connectivity index (χ2v) is 6.88. The predicted octanol–water partition coefficient (Wildman–Crippen LogP) is 2.44. The quantitative estimate of drug-likeness (QED) is 0.779. The lowest BCUT2D eigenvalue weighted by atomic mass is 9.69. The Balaban J connectivity index is 4.43. The molecule has 17 heavy (non-hydrogen) atoms. The molecule has 1 unspecified atom stereocenters. The first kappa shape index (κ1) is 16.4. The Morgan fingerprint density at radius 2 is 1.65 bits per heavy atom. The van der Waals surface area contributed by atoms with Gasteiger partial charge in [-0.15, -0.1) is 0 Å². The molecule has 3 nitrogen and oxygen atoms in total. The molecule has 0 aliphatic heterocycles. The minimum atomic E-state index is -0.300. The van der Waals surface area contributed by atoms with Gasteiger partial charge in [-0.3, -0.25) is 4.79 Å². The van der Waals surface area contributed by atoms with Crippen LogP contribution in [0.25, 0.3) is 0 Å². The first-order valence-electron chi connectivity index (χ1n) is 6.41. The van der Waals surface area contributed by atoms with Crippen molar-refractivity contribution in [3.05, 3.63) is 0 Å². The highest BCUT2D eigenvalue weighted by Gasteiger charge is 2.33. The molecule has 0 radical (unpaired) electrons. The van der Waals surface area contributed by atoms with Gasteiger partial charge < -0.3 is 10.4 Å². The van der Waals surface area contributed by atoms with Gasteiger partial charge >= 0.3 is 0 Å². The average molecular weight is 243 g/mol. The molecule has 0 saturated heterocycles. The first-order chi connectivity index (χ1) is 7.53. The van der Waals surface area contributed by atoms with Crippen LogP contribution in [0.2, 0.25) is 0 Å². The standard InChI is InChI=1S/C14H29NO2/c1-10(2)11(8-16)12(17)15-9-14(6,7)13(3,4)5/h10-11,16H,8-9H2,1-7H3,(H,15,17).